The summed E-state index contributed by atoms with van der Waals surface area (Å²) in [4.78, 5) is 1.93. The van der Waals surface area contributed by atoms with Gasteiger partial charge in [0.2, 0.25) is 0 Å². The molecule has 0 amide bonds. The smallest absolute Gasteiger partial charge is 0.125 e. The molecule has 3 N–H and O–H groups in total. The van der Waals surface area contributed by atoms with Gasteiger partial charge in [0.25, 0.3) is 0 Å². The van der Waals surface area contributed by atoms with Crippen LogP contribution in [0.1, 0.15) is 19.8 Å². The molecule has 2 rings (SSSR count). The summed E-state index contributed by atoms with van der Waals surface area (Å²) in [5.74, 6) is -0.218. The van der Waals surface area contributed by atoms with Crippen LogP contribution in [0.5, 0.6) is 0 Å². The molecule has 4 heteroatoms. The third-order valence-electron chi connectivity index (χ3n) is 2.89. The Kier molecular flexibility index (Phi) is 3.01. The first-order valence-corrected chi connectivity index (χ1v) is 5.62. The molecular weight excluding hydrogens is 205 g/mol. The molecule has 0 saturated heterocycles. The summed E-state index contributed by atoms with van der Waals surface area (Å²) in [6.45, 7) is 1.91. The van der Waals surface area contributed by atoms with E-state index in [1.807, 2.05) is 18.9 Å². The van der Waals surface area contributed by atoms with Crippen LogP contribution in [-0.4, -0.2) is 19.3 Å². The van der Waals surface area contributed by atoms with Crippen molar-refractivity contribution in [2.75, 3.05) is 17.3 Å². The maximum absolute atomic E-state index is 13.2. The highest BCUT2D eigenvalue weighted by atomic mass is 19.1. The standard InChI is InChI=1S/C12H18FN3/c1-8(14)16(2)12-6-3-9(13)7-11(12)15-10-4-5-10/h3,6-8,10,15H,4-5,14H2,1-2H3. The topological polar surface area (TPSA) is 41.3 Å². The van der Waals surface area contributed by atoms with Crippen LogP contribution in [-0.2, 0) is 0 Å². The number of rotatable bonds is 4. The van der Waals surface area contributed by atoms with Gasteiger partial charge in [-0.15, -0.1) is 0 Å². The Bertz CT molecular complexity index is 375. The van der Waals surface area contributed by atoms with Crippen LogP contribution in [0.25, 0.3) is 0 Å². The van der Waals surface area contributed by atoms with Gasteiger partial charge in [0.15, 0.2) is 0 Å². The number of anilines is 2. The molecule has 0 heterocycles. The zero-order valence-electron chi connectivity index (χ0n) is 9.70. The molecule has 1 aromatic carbocycles. The zero-order chi connectivity index (χ0) is 11.7. The van der Waals surface area contributed by atoms with Crippen molar-refractivity contribution in [1.29, 1.82) is 0 Å². The number of hydrogen-bond acceptors (Lipinski definition) is 3. The fourth-order valence-electron chi connectivity index (χ4n) is 1.60. The Balaban J connectivity index is 2.26. The second-order valence-electron chi connectivity index (χ2n) is 4.43. The summed E-state index contributed by atoms with van der Waals surface area (Å²) in [5, 5.41) is 3.32. The van der Waals surface area contributed by atoms with E-state index in [-0.39, 0.29) is 12.0 Å². The zero-order valence-corrected chi connectivity index (χ0v) is 9.70. The van der Waals surface area contributed by atoms with Gasteiger partial charge in [-0.05, 0) is 38.0 Å². The second kappa shape index (κ2) is 4.29. The molecule has 1 fully saturated rings. The van der Waals surface area contributed by atoms with Crippen LogP contribution in [0.2, 0.25) is 0 Å². The summed E-state index contributed by atoms with van der Waals surface area (Å²) in [6.07, 6.45) is 2.24. The van der Waals surface area contributed by atoms with Gasteiger partial charge in [-0.3, -0.25) is 0 Å². The van der Waals surface area contributed by atoms with Crippen LogP contribution >= 0.6 is 0 Å². The summed E-state index contributed by atoms with van der Waals surface area (Å²) >= 11 is 0. The number of hydrogen-bond donors (Lipinski definition) is 2. The summed E-state index contributed by atoms with van der Waals surface area (Å²) in [5.41, 5.74) is 7.61. The number of nitrogens with two attached hydrogens (primary N) is 1. The summed E-state index contributed by atoms with van der Waals surface area (Å²) in [6, 6.07) is 5.27. The van der Waals surface area contributed by atoms with Gasteiger partial charge >= 0.3 is 0 Å². The molecule has 1 aromatic rings. The predicted molar refractivity (Wildman–Crippen MR) is 65.1 cm³/mol. The van der Waals surface area contributed by atoms with Crippen molar-refractivity contribution in [3.63, 3.8) is 0 Å². The van der Waals surface area contributed by atoms with Crippen LogP contribution in [0.3, 0.4) is 0 Å². The molecule has 1 aliphatic carbocycles. The SMILES string of the molecule is CC(N)N(C)c1ccc(F)cc1NC1CC1. The Hall–Kier alpha value is -1.29. The van der Waals surface area contributed by atoms with Crippen molar-refractivity contribution in [2.45, 2.75) is 32.0 Å². The highest BCUT2D eigenvalue weighted by Crippen LogP contribution is 2.32. The lowest BCUT2D eigenvalue weighted by Gasteiger charge is -2.26. The van der Waals surface area contributed by atoms with Crippen LogP contribution in [0.15, 0.2) is 18.2 Å². The first kappa shape index (κ1) is 11.2. The lowest BCUT2D eigenvalue weighted by Crippen LogP contribution is -2.36. The van der Waals surface area contributed by atoms with E-state index in [4.69, 9.17) is 5.73 Å². The molecule has 1 unspecified atom stereocenters. The molecule has 88 valence electrons. The van der Waals surface area contributed by atoms with E-state index in [2.05, 4.69) is 5.32 Å². The van der Waals surface area contributed by atoms with E-state index in [9.17, 15) is 4.39 Å². The molecule has 0 aromatic heterocycles. The quantitative estimate of drug-likeness (QED) is 0.768. The third kappa shape index (κ3) is 2.44. The molecule has 0 bridgehead atoms. The first-order chi connectivity index (χ1) is 7.58. The number of nitrogens with one attached hydrogen (secondary N) is 1. The van der Waals surface area contributed by atoms with E-state index in [0.29, 0.717) is 6.04 Å². The fraction of sp³-hybridized carbons (Fsp3) is 0.500. The lowest BCUT2D eigenvalue weighted by atomic mass is 10.2. The van der Waals surface area contributed by atoms with Gasteiger partial charge in [-0.1, -0.05) is 0 Å². The molecule has 0 radical (unpaired) electrons. The van der Waals surface area contributed by atoms with Gasteiger partial charge in [0.1, 0.15) is 5.82 Å². The number of halogens is 1. The largest absolute Gasteiger partial charge is 0.381 e. The molecular formula is C12H18FN3. The lowest BCUT2D eigenvalue weighted by molar-refractivity contribution is 0.627. The van der Waals surface area contributed by atoms with Crippen molar-refractivity contribution in [1.82, 2.24) is 0 Å². The van der Waals surface area contributed by atoms with Gasteiger partial charge in [0, 0.05) is 13.1 Å². The Morgan fingerprint density at radius 3 is 2.75 bits per heavy atom. The van der Waals surface area contributed by atoms with E-state index in [1.165, 1.54) is 12.1 Å². The van der Waals surface area contributed by atoms with Crippen molar-refractivity contribution in [3.8, 4) is 0 Å². The Morgan fingerprint density at radius 2 is 2.19 bits per heavy atom. The molecule has 3 nitrogen and oxygen atoms in total. The van der Waals surface area contributed by atoms with Crippen molar-refractivity contribution < 1.29 is 4.39 Å². The highest BCUT2D eigenvalue weighted by molar-refractivity contribution is 5.70. The van der Waals surface area contributed by atoms with E-state index >= 15 is 0 Å². The molecule has 0 spiro atoms. The summed E-state index contributed by atoms with van der Waals surface area (Å²) < 4.78 is 13.2. The van der Waals surface area contributed by atoms with E-state index in [1.54, 1.807) is 6.07 Å². The van der Waals surface area contributed by atoms with Gasteiger partial charge in [-0.2, -0.15) is 0 Å². The van der Waals surface area contributed by atoms with Crippen LogP contribution in [0.4, 0.5) is 15.8 Å². The van der Waals surface area contributed by atoms with Gasteiger partial charge < -0.3 is 16.0 Å². The van der Waals surface area contributed by atoms with E-state index in [0.717, 1.165) is 24.2 Å². The minimum Gasteiger partial charge on any atom is -0.381 e. The van der Waals surface area contributed by atoms with Crippen molar-refractivity contribution in [2.24, 2.45) is 5.73 Å². The Morgan fingerprint density at radius 1 is 1.50 bits per heavy atom. The fourth-order valence-corrected chi connectivity index (χ4v) is 1.60. The minimum atomic E-state index is -0.218. The van der Waals surface area contributed by atoms with E-state index < -0.39 is 0 Å². The third-order valence-corrected chi connectivity index (χ3v) is 2.89. The Labute approximate surface area is 95.4 Å². The predicted octanol–water partition coefficient (Wildman–Crippen LogP) is 2.14. The normalized spacial score (nSPS) is 17.0. The highest BCUT2D eigenvalue weighted by Gasteiger charge is 2.23. The van der Waals surface area contributed by atoms with Crippen molar-refractivity contribution in [3.05, 3.63) is 24.0 Å². The van der Waals surface area contributed by atoms with Gasteiger partial charge in [-0.25, -0.2) is 4.39 Å². The molecule has 0 aliphatic heterocycles. The van der Waals surface area contributed by atoms with Gasteiger partial charge in [0.05, 0.1) is 17.5 Å². The molecule has 1 saturated carbocycles. The maximum Gasteiger partial charge on any atom is 0.125 e. The average molecular weight is 223 g/mol. The van der Waals surface area contributed by atoms with Crippen molar-refractivity contribution >= 4 is 11.4 Å². The van der Waals surface area contributed by atoms with Crippen LogP contribution in [0, 0.1) is 5.82 Å². The summed E-state index contributed by atoms with van der Waals surface area (Å²) in [7, 11) is 1.91. The number of benzene rings is 1. The number of nitrogens with zero attached hydrogens (tertiary/aromatic N) is 1. The first-order valence-electron chi connectivity index (χ1n) is 5.62. The molecule has 1 aliphatic rings. The second-order valence-corrected chi connectivity index (χ2v) is 4.43. The average Bonchev–Trinajstić information content (AvgIpc) is 3.01. The molecule has 16 heavy (non-hydrogen) atoms. The molecule has 1 atom stereocenters. The minimum absolute atomic E-state index is 0.0924. The maximum atomic E-state index is 13.2. The van der Waals surface area contributed by atoms with Crippen LogP contribution < -0.4 is 16.0 Å². The monoisotopic (exact) mass is 223 g/mol.